The third-order valence-corrected chi connectivity index (χ3v) is 6.42. The van der Waals surface area contributed by atoms with Crippen LogP contribution >= 0.6 is 11.3 Å². The zero-order chi connectivity index (χ0) is 18.2. The molecule has 27 heavy (non-hydrogen) atoms. The molecule has 0 aliphatic carbocycles. The molecule has 0 bridgehead atoms. The average molecular weight is 382 g/mol. The third kappa shape index (κ3) is 3.26. The van der Waals surface area contributed by atoms with Gasteiger partial charge in [-0.05, 0) is 37.8 Å². The Morgan fingerprint density at radius 1 is 1.22 bits per heavy atom. The van der Waals surface area contributed by atoms with Crippen molar-refractivity contribution >= 4 is 17.3 Å². The number of aromatic nitrogens is 3. The number of piperidine rings is 1. The van der Waals surface area contributed by atoms with Crippen molar-refractivity contribution in [2.75, 3.05) is 31.1 Å². The molecule has 1 unspecified atom stereocenters. The lowest BCUT2D eigenvalue weighted by atomic mass is 10.00. The molecule has 0 spiro atoms. The molecule has 0 saturated carbocycles. The molecular weight excluding hydrogens is 358 g/mol. The molecule has 5 heterocycles. The number of thiophene rings is 1. The molecule has 6 nitrogen and oxygen atoms in total. The van der Waals surface area contributed by atoms with Crippen LogP contribution in [0.5, 0.6) is 0 Å². The van der Waals surface area contributed by atoms with E-state index in [4.69, 9.17) is 14.5 Å². The summed E-state index contributed by atoms with van der Waals surface area (Å²) >= 11 is 1.69. The van der Waals surface area contributed by atoms with Gasteiger partial charge in [-0.2, -0.15) is 0 Å². The molecule has 3 aromatic heterocycles. The first-order valence-electron chi connectivity index (χ1n) is 9.61. The van der Waals surface area contributed by atoms with Crippen LogP contribution in [0, 0.1) is 6.92 Å². The molecule has 7 heteroatoms. The maximum Gasteiger partial charge on any atom is 0.226 e. The lowest BCUT2D eigenvalue weighted by Crippen LogP contribution is -2.55. The van der Waals surface area contributed by atoms with Crippen molar-refractivity contribution < 1.29 is 4.52 Å². The van der Waals surface area contributed by atoms with Crippen molar-refractivity contribution in [3.05, 3.63) is 35.5 Å². The first-order chi connectivity index (χ1) is 13.3. The summed E-state index contributed by atoms with van der Waals surface area (Å²) in [5, 5.41) is 6.11. The number of fused-ring (bicyclic) bond motifs is 1. The molecule has 0 radical (unpaired) electrons. The largest absolute Gasteiger partial charge is 0.356 e. The minimum Gasteiger partial charge on any atom is -0.356 e. The van der Waals surface area contributed by atoms with E-state index in [1.807, 2.05) is 19.2 Å². The van der Waals surface area contributed by atoms with Gasteiger partial charge in [0.05, 0.1) is 21.8 Å². The van der Waals surface area contributed by atoms with Crippen LogP contribution in [0.25, 0.3) is 21.9 Å². The number of piperazine rings is 1. The van der Waals surface area contributed by atoms with Crippen LogP contribution in [0.1, 0.15) is 25.0 Å². The van der Waals surface area contributed by atoms with E-state index in [2.05, 4.69) is 32.5 Å². The molecule has 0 amide bonds. The van der Waals surface area contributed by atoms with Gasteiger partial charge in [0.15, 0.2) is 5.76 Å². The van der Waals surface area contributed by atoms with Gasteiger partial charge < -0.3 is 9.42 Å². The summed E-state index contributed by atoms with van der Waals surface area (Å²) in [7, 11) is 0. The van der Waals surface area contributed by atoms with Crippen LogP contribution in [0.3, 0.4) is 0 Å². The molecule has 2 fully saturated rings. The van der Waals surface area contributed by atoms with Crippen LogP contribution in [0.2, 0.25) is 0 Å². The zero-order valence-electron chi connectivity index (χ0n) is 15.5. The molecule has 3 aromatic rings. The number of anilines is 1. The highest BCUT2D eigenvalue weighted by atomic mass is 32.1. The molecule has 2 saturated heterocycles. The molecule has 140 valence electrons. The third-order valence-electron chi connectivity index (χ3n) is 5.54. The maximum atomic E-state index is 5.50. The van der Waals surface area contributed by atoms with E-state index < -0.39 is 0 Å². The minimum atomic E-state index is 0.637. The number of hydrogen-bond acceptors (Lipinski definition) is 7. The van der Waals surface area contributed by atoms with E-state index in [-0.39, 0.29) is 0 Å². The monoisotopic (exact) mass is 381 g/mol. The summed E-state index contributed by atoms with van der Waals surface area (Å²) in [6, 6.07) is 6.73. The topological polar surface area (TPSA) is 58.3 Å². The van der Waals surface area contributed by atoms with Gasteiger partial charge in [0.2, 0.25) is 5.95 Å². The fourth-order valence-electron chi connectivity index (χ4n) is 4.13. The van der Waals surface area contributed by atoms with E-state index in [0.29, 0.717) is 6.04 Å². The summed E-state index contributed by atoms with van der Waals surface area (Å²) in [6.45, 7) is 6.28. The normalized spacial score (nSPS) is 20.6. The summed E-state index contributed by atoms with van der Waals surface area (Å²) < 4.78 is 5.50. The fourth-order valence-corrected chi connectivity index (χ4v) is 4.86. The van der Waals surface area contributed by atoms with E-state index in [9.17, 15) is 0 Å². The van der Waals surface area contributed by atoms with Gasteiger partial charge in [-0.25, -0.2) is 9.97 Å². The van der Waals surface area contributed by atoms with Gasteiger partial charge in [-0.3, -0.25) is 4.90 Å². The van der Waals surface area contributed by atoms with Gasteiger partial charge in [-0.15, -0.1) is 11.3 Å². The Bertz CT molecular complexity index is 922. The SMILES string of the molecule is Cc1cc(-c2cnc(N3CCN4CCCCC4C3)nc2-c2cccs2)on1. The van der Waals surface area contributed by atoms with Crippen LogP contribution in [0.4, 0.5) is 5.95 Å². The second-order valence-electron chi connectivity index (χ2n) is 7.37. The van der Waals surface area contributed by atoms with Crippen LogP contribution in [0.15, 0.2) is 34.3 Å². The first-order valence-corrected chi connectivity index (χ1v) is 10.5. The van der Waals surface area contributed by atoms with E-state index >= 15 is 0 Å². The second kappa shape index (κ2) is 7.05. The highest BCUT2D eigenvalue weighted by Crippen LogP contribution is 2.34. The standard InChI is InChI=1S/C20H23N5OS/c1-14-11-17(26-23-14)16-12-21-20(22-19(16)18-6-4-10-27-18)25-9-8-24-7-3-2-5-15(24)13-25/h4,6,10-12,15H,2-3,5,7-9,13H2,1H3. The van der Waals surface area contributed by atoms with Crippen LogP contribution in [-0.4, -0.2) is 52.2 Å². The van der Waals surface area contributed by atoms with Crippen LogP contribution < -0.4 is 4.90 Å². The van der Waals surface area contributed by atoms with Crippen molar-refractivity contribution in [2.45, 2.75) is 32.2 Å². The molecule has 1 atom stereocenters. The van der Waals surface area contributed by atoms with Crippen molar-refractivity contribution in [2.24, 2.45) is 0 Å². The fraction of sp³-hybridized carbons (Fsp3) is 0.450. The Morgan fingerprint density at radius 3 is 3.00 bits per heavy atom. The van der Waals surface area contributed by atoms with Crippen molar-refractivity contribution in [1.29, 1.82) is 0 Å². The molecule has 5 rings (SSSR count). The van der Waals surface area contributed by atoms with Crippen molar-refractivity contribution in [3.63, 3.8) is 0 Å². The van der Waals surface area contributed by atoms with Crippen LogP contribution in [-0.2, 0) is 0 Å². The quantitative estimate of drug-likeness (QED) is 0.687. The first kappa shape index (κ1) is 16.9. The highest BCUT2D eigenvalue weighted by Gasteiger charge is 2.30. The summed E-state index contributed by atoms with van der Waals surface area (Å²) in [4.78, 5) is 15.8. The lowest BCUT2D eigenvalue weighted by molar-refractivity contribution is 0.133. The van der Waals surface area contributed by atoms with E-state index in [1.165, 1.54) is 25.8 Å². The second-order valence-corrected chi connectivity index (χ2v) is 8.32. The number of hydrogen-bond donors (Lipinski definition) is 0. The Morgan fingerprint density at radius 2 is 2.19 bits per heavy atom. The van der Waals surface area contributed by atoms with E-state index in [0.717, 1.165) is 53.2 Å². The maximum absolute atomic E-state index is 5.50. The van der Waals surface area contributed by atoms with Gasteiger partial charge in [-0.1, -0.05) is 17.6 Å². The average Bonchev–Trinajstić information content (AvgIpc) is 3.39. The minimum absolute atomic E-state index is 0.637. The van der Waals surface area contributed by atoms with Crippen molar-refractivity contribution in [1.82, 2.24) is 20.0 Å². The van der Waals surface area contributed by atoms with Gasteiger partial charge in [0, 0.05) is 37.9 Å². The Kier molecular flexibility index (Phi) is 4.41. The summed E-state index contributed by atoms with van der Waals surface area (Å²) in [6.07, 6.45) is 5.84. The highest BCUT2D eigenvalue weighted by molar-refractivity contribution is 7.13. The smallest absolute Gasteiger partial charge is 0.226 e. The predicted octanol–water partition coefficient (Wildman–Crippen LogP) is 3.84. The van der Waals surface area contributed by atoms with Gasteiger partial charge >= 0.3 is 0 Å². The molecule has 0 aromatic carbocycles. The number of rotatable bonds is 3. The molecule has 2 aliphatic rings. The Labute approximate surface area is 162 Å². The number of nitrogens with zero attached hydrogens (tertiary/aromatic N) is 5. The predicted molar refractivity (Wildman–Crippen MR) is 107 cm³/mol. The molecular formula is C20H23N5OS. The zero-order valence-corrected chi connectivity index (χ0v) is 16.3. The molecule has 0 N–H and O–H groups in total. The van der Waals surface area contributed by atoms with Gasteiger partial charge in [0.25, 0.3) is 0 Å². The lowest BCUT2D eigenvalue weighted by Gasteiger charge is -2.44. The van der Waals surface area contributed by atoms with Crippen molar-refractivity contribution in [3.8, 4) is 21.9 Å². The number of aryl methyl sites for hydroxylation is 1. The summed E-state index contributed by atoms with van der Waals surface area (Å²) in [5.41, 5.74) is 2.69. The van der Waals surface area contributed by atoms with Gasteiger partial charge in [0.1, 0.15) is 0 Å². The Balaban J connectivity index is 1.50. The molecule has 2 aliphatic heterocycles. The Hall–Kier alpha value is -2.25. The van der Waals surface area contributed by atoms with E-state index in [1.54, 1.807) is 11.3 Å². The summed E-state index contributed by atoms with van der Waals surface area (Å²) in [5.74, 6) is 1.54.